The Balaban J connectivity index is 1.66. The second-order valence-electron chi connectivity index (χ2n) is 7.79. The number of rotatable bonds is 2. The van der Waals surface area contributed by atoms with Gasteiger partial charge >= 0.3 is 6.09 Å². The Kier molecular flexibility index (Phi) is 4.91. The van der Waals surface area contributed by atoms with E-state index in [-0.39, 0.29) is 6.09 Å². The lowest BCUT2D eigenvalue weighted by molar-refractivity contribution is 0.0237. The lowest BCUT2D eigenvalue weighted by Crippen LogP contribution is -2.40. The highest BCUT2D eigenvalue weighted by Gasteiger charge is 2.28. The summed E-state index contributed by atoms with van der Waals surface area (Å²) in [5.74, 6) is 0.632. The van der Waals surface area contributed by atoms with Gasteiger partial charge in [-0.25, -0.2) is 4.79 Å². The average molecular weight is 348 g/mol. The first-order valence-corrected chi connectivity index (χ1v) is 9.17. The molecule has 1 saturated heterocycles. The maximum absolute atomic E-state index is 12.1. The molecule has 1 aliphatic carbocycles. The fourth-order valence-electron chi connectivity index (χ4n) is 3.15. The van der Waals surface area contributed by atoms with Crippen LogP contribution in [0.15, 0.2) is 23.8 Å². The highest BCUT2D eigenvalue weighted by Crippen LogP contribution is 2.45. The van der Waals surface area contributed by atoms with Crippen molar-refractivity contribution in [2.75, 3.05) is 13.1 Å². The van der Waals surface area contributed by atoms with Gasteiger partial charge in [-0.05, 0) is 69.6 Å². The monoisotopic (exact) mass is 347 g/mol. The van der Waals surface area contributed by atoms with Gasteiger partial charge in [0.1, 0.15) is 5.60 Å². The molecule has 3 nitrogen and oxygen atoms in total. The molecule has 0 unspecified atom stereocenters. The molecule has 2 fully saturated rings. The van der Waals surface area contributed by atoms with Crippen molar-refractivity contribution in [1.29, 1.82) is 0 Å². The van der Waals surface area contributed by atoms with Gasteiger partial charge in [0.25, 0.3) is 0 Å². The third-order valence-electron chi connectivity index (χ3n) is 4.49. The molecule has 1 aliphatic heterocycles. The zero-order valence-corrected chi connectivity index (χ0v) is 15.5. The molecule has 0 spiro atoms. The minimum absolute atomic E-state index is 0.206. The van der Waals surface area contributed by atoms with Crippen molar-refractivity contribution in [3.8, 4) is 0 Å². The molecular formula is C20H26ClNO2. The average Bonchev–Trinajstić information content (AvgIpc) is 3.31. The topological polar surface area (TPSA) is 29.5 Å². The van der Waals surface area contributed by atoms with Gasteiger partial charge in [-0.2, -0.15) is 0 Å². The van der Waals surface area contributed by atoms with E-state index in [1.165, 1.54) is 29.5 Å². The fraction of sp³-hybridized carbons (Fsp3) is 0.550. The highest BCUT2D eigenvalue weighted by atomic mass is 35.5. The van der Waals surface area contributed by atoms with Crippen LogP contribution in [0.5, 0.6) is 0 Å². The fourth-order valence-corrected chi connectivity index (χ4v) is 3.49. The van der Waals surface area contributed by atoms with E-state index in [4.69, 9.17) is 16.3 Å². The maximum atomic E-state index is 12.1. The van der Waals surface area contributed by atoms with Gasteiger partial charge in [-0.1, -0.05) is 35.4 Å². The standard InChI is InChI=1S/C20H26ClNO2/c1-20(2,3)24-19(23)22-11-9-14(10-12-22)13-16-5-4-6-17(21)18(16)15-7-8-15/h4-6,13,15H,7-12H2,1-3H3. The molecule has 4 heteroatoms. The van der Waals surface area contributed by atoms with E-state index in [0.29, 0.717) is 5.92 Å². The molecule has 1 saturated carbocycles. The SMILES string of the molecule is CC(C)(C)OC(=O)N1CCC(=Cc2cccc(Cl)c2C2CC2)CC1. The third kappa shape index (κ3) is 4.32. The van der Waals surface area contributed by atoms with Crippen LogP contribution in [0.3, 0.4) is 0 Å². The summed E-state index contributed by atoms with van der Waals surface area (Å²) in [7, 11) is 0. The maximum Gasteiger partial charge on any atom is 0.410 e. The number of nitrogens with zero attached hydrogens (tertiary/aromatic N) is 1. The van der Waals surface area contributed by atoms with E-state index in [0.717, 1.165) is 31.0 Å². The molecule has 1 amide bonds. The van der Waals surface area contributed by atoms with E-state index in [1.807, 2.05) is 37.8 Å². The Morgan fingerprint density at radius 1 is 1.25 bits per heavy atom. The van der Waals surface area contributed by atoms with Gasteiger partial charge in [-0.3, -0.25) is 0 Å². The lowest BCUT2D eigenvalue weighted by Gasteiger charge is -2.31. The van der Waals surface area contributed by atoms with Gasteiger partial charge in [0, 0.05) is 18.1 Å². The number of amides is 1. The van der Waals surface area contributed by atoms with Crippen molar-refractivity contribution >= 4 is 23.8 Å². The summed E-state index contributed by atoms with van der Waals surface area (Å²) in [4.78, 5) is 13.9. The molecule has 0 atom stereocenters. The Hall–Kier alpha value is -1.48. The van der Waals surface area contributed by atoms with Crippen LogP contribution < -0.4 is 0 Å². The second kappa shape index (κ2) is 6.79. The summed E-state index contributed by atoms with van der Waals surface area (Å²) >= 11 is 6.41. The molecule has 0 aromatic heterocycles. The summed E-state index contributed by atoms with van der Waals surface area (Å²) in [5, 5.41) is 0.887. The van der Waals surface area contributed by atoms with E-state index < -0.39 is 5.60 Å². The van der Waals surface area contributed by atoms with E-state index in [1.54, 1.807) is 0 Å². The van der Waals surface area contributed by atoms with Crippen molar-refractivity contribution in [2.45, 2.75) is 58.0 Å². The van der Waals surface area contributed by atoms with Crippen LogP contribution in [-0.4, -0.2) is 29.7 Å². The number of piperidine rings is 1. The molecule has 1 heterocycles. The Labute approximate surface area is 149 Å². The summed E-state index contributed by atoms with van der Waals surface area (Å²) in [6.45, 7) is 7.15. The first kappa shape index (κ1) is 17.3. The zero-order chi connectivity index (χ0) is 17.3. The van der Waals surface area contributed by atoms with E-state index in [9.17, 15) is 4.79 Å². The molecule has 0 bridgehead atoms. The first-order chi connectivity index (χ1) is 11.3. The van der Waals surface area contributed by atoms with Gasteiger partial charge in [0.2, 0.25) is 0 Å². The van der Waals surface area contributed by atoms with Gasteiger partial charge in [0.05, 0.1) is 0 Å². The summed E-state index contributed by atoms with van der Waals surface area (Å²) < 4.78 is 5.46. The molecule has 24 heavy (non-hydrogen) atoms. The first-order valence-electron chi connectivity index (χ1n) is 8.79. The number of likely N-dealkylation sites (tertiary alicyclic amines) is 1. The molecular weight excluding hydrogens is 322 g/mol. The number of carbonyl (C=O) groups is 1. The van der Waals surface area contributed by atoms with Crippen LogP contribution in [0.1, 0.15) is 63.5 Å². The van der Waals surface area contributed by atoms with Crippen LogP contribution in [0.25, 0.3) is 6.08 Å². The number of halogens is 1. The van der Waals surface area contributed by atoms with Crippen molar-refractivity contribution < 1.29 is 9.53 Å². The zero-order valence-electron chi connectivity index (χ0n) is 14.8. The minimum atomic E-state index is -0.437. The van der Waals surface area contributed by atoms with Crippen LogP contribution in [0.4, 0.5) is 4.79 Å². The number of hydrogen-bond acceptors (Lipinski definition) is 2. The van der Waals surface area contributed by atoms with Crippen LogP contribution in [0.2, 0.25) is 5.02 Å². The summed E-state index contributed by atoms with van der Waals surface area (Å²) in [6, 6.07) is 6.17. The molecule has 2 aliphatic rings. The summed E-state index contributed by atoms with van der Waals surface area (Å²) in [5.41, 5.74) is 3.51. The second-order valence-corrected chi connectivity index (χ2v) is 8.19. The minimum Gasteiger partial charge on any atom is -0.444 e. The summed E-state index contributed by atoms with van der Waals surface area (Å²) in [6.07, 6.45) is 6.36. The number of benzene rings is 1. The quantitative estimate of drug-likeness (QED) is 0.693. The van der Waals surface area contributed by atoms with Gasteiger partial charge < -0.3 is 9.64 Å². The Morgan fingerprint density at radius 2 is 1.92 bits per heavy atom. The van der Waals surface area contributed by atoms with Crippen LogP contribution in [0, 0.1) is 0 Å². The predicted octanol–water partition coefficient (Wildman–Crippen LogP) is 5.63. The van der Waals surface area contributed by atoms with Crippen molar-refractivity contribution in [1.82, 2.24) is 4.90 Å². The predicted molar refractivity (Wildman–Crippen MR) is 98.4 cm³/mol. The Morgan fingerprint density at radius 3 is 2.50 bits per heavy atom. The van der Waals surface area contributed by atoms with Crippen molar-refractivity contribution in [3.05, 3.63) is 39.9 Å². The lowest BCUT2D eigenvalue weighted by atomic mass is 9.97. The van der Waals surface area contributed by atoms with Crippen molar-refractivity contribution in [2.24, 2.45) is 0 Å². The Bertz CT molecular complexity index is 646. The molecule has 130 valence electrons. The van der Waals surface area contributed by atoms with Crippen molar-refractivity contribution in [3.63, 3.8) is 0 Å². The van der Waals surface area contributed by atoms with Gasteiger partial charge in [-0.15, -0.1) is 0 Å². The molecule has 1 aromatic carbocycles. The molecule has 1 aromatic rings. The molecule has 0 N–H and O–H groups in total. The van der Waals surface area contributed by atoms with Crippen LogP contribution >= 0.6 is 11.6 Å². The van der Waals surface area contributed by atoms with E-state index in [2.05, 4.69) is 12.1 Å². The number of ether oxygens (including phenoxy) is 1. The largest absolute Gasteiger partial charge is 0.444 e. The number of hydrogen-bond donors (Lipinski definition) is 0. The van der Waals surface area contributed by atoms with Gasteiger partial charge in [0.15, 0.2) is 0 Å². The molecule has 3 rings (SSSR count). The smallest absolute Gasteiger partial charge is 0.410 e. The normalized spacial score (nSPS) is 18.5. The number of carbonyl (C=O) groups excluding carboxylic acids is 1. The third-order valence-corrected chi connectivity index (χ3v) is 4.82. The van der Waals surface area contributed by atoms with E-state index >= 15 is 0 Å². The molecule has 0 radical (unpaired) electrons. The van der Waals surface area contributed by atoms with Crippen LogP contribution in [-0.2, 0) is 4.74 Å². The highest BCUT2D eigenvalue weighted by molar-refractivity contribution is 6.31.